The smallest absolute Gasteiger partial charge is 0.303 e. The molecule has 0 spiro atoms. The summed E-state index contributed by atoms with van der Waals surface area (Å²) in [4.78, 5) is 10.3. The number of unbranched alkanes of at least 4 members (excludes halogenated alkanes) is 11. The molecule has 0 saturated carbocycles. The Balaban J connectivity index is 0. The van der Waals surface area contributed by atoms with Crippen molar-refractivity contribution in [2.45, 2.75) is 96.8 Å². The van der Waals surface area contributed by atoms with Crippen LogP contribution < -0.4 is 0 Å². The summed E-state index contributed by atoms with van der Waals surface area (Å²) < 4.78 is 0. The van der Waals surface area contributed by atoms with Gasteiger partial charge in [-0.2, -0.15) is 0 Å². The van der Waals surface area contributed by atoms with Crippen molar-refractivity contribution in [2.75, 3.05) is 0 Å². The molecule has 3 heteroatoms. The molecule has 0 atom stereocenters. The van der Waals surface area contributed by atoms with Crippen LogP contribution in [0.3, 0.4) is 0 Å². The summed E-state index contributed by atoms with van der Waals surface area (Å²) in [6, 6.07) is 0. The van der Waals surface area contributed by atoms with Gasteiger partial charge in [0.1, 0.15) is 0 Å². The third kappa shape index (κ3) is 22.3. The number of carbonyl (C=O) groups is 1. The second-order valence-electron chi connectivity index (χ2n) is 5.73. The fraction of sp³-hybridized carbons (Fsp3) is 0.833. The van der Waals surface area contributed by atoms with Crippen molar-refractivity contribution in [3.8, 4) is 0 Å². The fourth-order valence-corrected chi connectivity index (χ4v) is 2.35. The maximum atomic E-state index is 10.3. The van der Waals surface area contributed by atoms with Gasteiger partial charge in [0.05, 0.1) is 0 Å². The molecular weight excluding hydrogens is 443 g/mol. The van der Waals surface area contributed by atoms with Gasteiger partial charge >= 0.3 is 5.97 Å². The van der Waals surface area contributed by atoms with Gasteiger partial charge in [-0.1, -0.05) is 70.4 Å². The molecule has 0 amide bonds. The van der Waals surface area contributed by atoms with E-state index in [4.69, 9.17) is 5.11 Å². The Hall–Kier alpha value is -0.102. The second kappa shape index (κ2) is 19.9. The van der Waals surface area contributed by atoms with Crippen molar-refractivity contribution in [3.05, 3.63) is 12.2 Å². The van der Waals surface area contributed by atoms with E-state index < -0.39 is 5.97 Å². The molecule has 0 unspecified atom stereocenters. The van der Waals surface area contributed by atoms with Crippen LogP contribution in [-0.2, 0) is 25.9 Å². The van der Waals surface area contributed by atoms with Crippen LogP contribution in [0, 0.1) is 0 Å². The molecule has 0 aliphatic rings. The number of hydrogen-bond acceptors (Lipinski definition) is 1. The van der Waals surface area contributed by atoms with Gasteiger partial charge in [-0.3, -0.25) is 4.79 Å². The third-order valence-corrected chi connectivity index (χ3v) is 3.65. The van der Waals surface area contributed by atoms with Crippen LogP contribution in [0.15, 0.2) is 12.2 Å². The second-order valence-corrected chi connectivity index (χ2v) is 5.73. The average Bonchev–Trinajstić information content (AvgIpc) is 2.43. The molecule has 0 bridgehead atoms. The molecule has 0 aromatic heterocycles. The molecule has 0 heterocycles. The van der Waals surface area contributed by atoms with E-state index in [2.05, 4.69) is 19.1 Å². The average molecular weight is 478 g/mol. The normalized spacial score (nSPS) is 10.7. The zero-order valence-electron chi connectivity index (χ0n) is 13.7. The number of rotatable bonds is 15. The van der Waals surface area contributed by atoms with E-state index in [1.165, 1.54) is 70.6 Å². The maximum Gasteiger partial charge on any atom is 0.303 e. The summed E-state index contributed by atoms with van der Waals surface area (Å²) in [5.74, 6) is -0.664. The molecular formula is C18H34O2Pt. The third-order valence-electron chi connectivity index (χ3n) is 3.65. The van der Waals surface area contributed by atoms with Crippen molar-refractivity contribution in [1.82, 2.24) is 0 Å². The summed E-state index contributed by atoms with van der Waals surface area (Å²) >= 11 is 0. The van der Waals surface area contributed by atoms with Crippen molar-refractivity contribution < 1.29 is 31.0 Å². The molecule has 0 aliphatic carbocycles. The predicted octanol–water partition coefficient (Wildman–Crippen LogP) is 6.11. The van der Waals surface area contributed by atoms with E-state index in [0.29, 0.717) is 6.42 Å². The monoisotopic (exact) mass is 477 g/mol. The Morgan fingerprint density at radius 2 is 1.19 bits per heavy atom. The van der Waals surface area contributed by atoms with E-state index in [9.17, 15) is 4.79 Å². The molecule has 0 saturated heterocycles. The number of carboxylic acid groups (broad SMARTS) is 1. The van der Waals surface area contributed by atoms with Gasteiger partial charge in [0.2, 0.25) is 0 Å². The van der Waals surface area contributed by atoms with Gasteiger partial charge in [0.15, 0.2) is 0 Å². The zero-order valence-corrected chi connectivity index (χ0v) is 16.0. The largest absolute Gasteiger partial charge is 0.481 e. The Morgan fingerprint density at radius 1 is 0.762 bits per heavy atom. The van der Waals surface area contributed by atoms with Crippen molar-refractivity contribution in [1.29, 1.82) is 0 Å². The first-order valence-electron chi connectivity index (χ1n) is 8.64. The van der Waals surface area contributed by atoms with Crippen molar-refractivity contribution in [2.24, 2.45) is 0 Å². The van der Waals surface area contributed by atoms with Crippen LogP contribution in [-0.4, -0.2) is 11.1 Å². The SMILES string of the molecule is CCCCCCCC/C=C\CCCCCCCC(=O)O.[Pt]. The van der Waals surface area contributed by atoms with Gasteiger partial charge in [0, 0.05) is 27.5 Å². The summed E-state index contributed by atoms with van der Waals surface area (Å²) in [5.41, 5.74) is 0. The van der Waals surface area contributed by atoms with Crippen molar-refractivity contribution in [3.63, 3.8) is 0 Å². The van der Waals surface area contributed by atoms with E-state index in [1.54, 1.807) is 0 Å². The predicted molar refractivity (Wildman–Crippen MR) is 87.1 cm³/mol. The van der Waals surface area contributed by atoms with Crippen molar-refractivity contribution >= 4 is 5.97 Å². The maximum absolute atomic E-state index is 10.3. The Bertz CT molecular complexity index is 239. The molecule has 2 nitrogen and oxygen atoms in total. The van der Waals surface area contributed by atoms with Gasteiger partial charge in [0.25, 0.3) is 0 Å². The van der Waals surface area contributed by atoms with E-state index in [0.717, 1.165) is 12.8 Å². The first kappa shape index (κ1) is 23.2. The molecule has 0 aromatic rings. The van der Waals surface area contributed by atoms with Crippen LogP contribution in [0.2, 0.25) is 0 Å². The summed E-state index contributed by atoms with van der Waals surface area (Å²) in [5, 5.41) is 8.51. The number of allylic oxidation sites excluding steroid dienone is 2. The molecule has 0 aromatic carbocycles. The first-order chi connectivity index (χ1) is 9.77. The zero-order chi connectivity index (χ0) is 14.9. The van der Waals surface area contributed by atoms with E-state index in [-0.39, 0.29) is 21.1 Å². The summed E-state index contributed by atoms with van der Waals surface area (Å²) in [7, 11) is 0. The Kier molecular flexibility index (Phi) is 22.0. The number of aliphatic carboxylic acids is 1. The van der Waals surface area contributed by atoms with Crippen LogP contribution in [0.1, 0.15) is 96.8 Å². The van der Waals surface area contributed by atoms with Crippen LogP contribution in [0.25, 0.3) is 0 Å². The molecule has 1 N–H and O–H groups in total. The van der Waals surface area contributed by atoms with Gasteiger partial charge in [-0.25, -0.2) is 0 Å². The number of carboxylic acids is 1. The van der Waals surface area contributed by atoms with E-state index >= 15 is 0 Å². The molecule has 21 heavy (non-hydrogen) atoms. The molecule has 0 aliphatic heterocycles. The Morgan fingerprint density at radius 3 is 1.67 bits per heavy atom. The van der Waals surface area contributed by atoms with Gasteiger partial charge in [-0.15, -0.1) is 0 Å². The quantitative estimate of drug-likeness (QED) is 0.228. The molecule has 128 valence electrons. The van der Waals surface area contributed by atoms with Gasteiger partial charge in [-0.05, 0) is 32.1 Å². The van der Waals surface area contributed by atoms with Crippen LogP contribution >= 0.6 is 0 Å². The summed E-state index contributed by atoms with van der Waals surface area (Å²) in [6.45, 7) is 2.26. The Labute approximate surface area is 146 Å². The topological polar surface area (TPSA) is 37.3 Å². The standard InChI is InChI=1S/C18H34O2.Pt/c1-2-3-4-5-6-7-8-9-10-11-12-13-14-15-16-17-18(19)20;/h9-10H,2-8,11-17H2,1H3,(H,19,20);/b10-9-;. The van der Waals surface area contributed by atoms with Crippen LogP contribution in [0.5, 0.6) is 0 Å². The van der Waals surface area contributed by atoms with Gasteiger partial charge < -0.3 is 5.11 Å². The minimum atomic E-state index is -0.664. The molecule has 0 radical (unpaired) electrons. The van der Waals surface area contributed by atoms with Crippen LogP contribution in [0.4, 0.5) is 0 Å². The minimum absolute atomic E-state index is 0. The molecule has 0 rings (SSSR count). The minimum Gasteiger partial charge on any atom is -0.481 e. The summed E-state index contributed by atoms with van der Waals surface area (Å²) in [6.07, 6.45) is 21.2. The molecule has 0 fully saturated rings. The fourth-order valence-electron chi connectivity index (χ4n) is 2.35. The first-order valence-corrected chi connectivity index (χ1v) is 8.64. The van der Waals surface area contributed by atoms with E-state index in [1.807, 2.05) is 0 Å². The number of hydrogen-bond donors (Lipinski definition) is 1.